The van der Waals surface area contributed by atoms with E-state index in [1.807, 2.05) is 0 Å². The smallest absolute Gasteiger partial charge is 0.353 e. The van der Waals surface area contributed by atoms with Crippen molar-refractivity contribution >= 4 is 17.3 Å². The van der Waals surface area contributed by atoms with Crippen LogP contribution in [0.1, 0.15) is 64.2 Å². The summed E-state index contributed by atoms with van der Waals surface area (Å²) in [6, 6.07) is 0. The van der Waals surface area contributed by atoms with Gasteiger partial charge in [0.1, 0.15) is 6.33 Å². The van der Waals surface area contributed by atoms with Gasteiger partial charge in [0.2, 0.25) is 11.6 Å². The second-order valence-electron chi connectivity index (χ2n) is 7.25. The molecule has 1 heterocycles. The fourth-order valence-electron chi connectivity index (χ4n) is 3.76. The number of anilines is 2. The van der Waals surface area contributed by atoms with E-state index in [0.717, 1.165) is 38.5 Å². The summed E-state index contributed by atoms with van der Waals surface area (Å²) in [5.41, 5.74) is 2.81. The van der Waals surface area contributed by atoms with Crippen LogP contribution in [0.4, 0.5) is 17.3 Å². The highest BCUT2D eigenvalue weighted by atomic mass is 16.6. The van der Waals surface area contributed by atoms with Crippen LogP contribution in [0.3, 0.4) is 0 Å². The highest BCUT2D eigenvalue weighted by molar-refractivity contribution is 5.69. The van der Waals surface area contributed by atoms with Gasteiger partial charge in [-0.15, -0.1) is 0 Å². The quantitative estimate of drug-likeness (QED) is 0.361. The molecule has 1 aromatic heterocycles. The molecule has 27 heavy (non-hydrogen) atoms. The van der Waals surface area contributed by atoms with E-state index in [4.69, 9.17) is 0 Å². The van der Waals surface area contributed by atoms with Gasteiger partial charge in [0.15, 0.2) is 0 Å². The minimum Gasteiger partial charge on any atom is -0.364 e. The van der Waals surface area contributed by atoms with Crippen molar-refractivity contribution in [2.24, 2.45) is 0 Å². The second-order valence-corrected chi connectivity index (χ2v) is 7.25. The van der Waals surface area contributed by atoms with E-state index in [1.165, 1.54) is 43.2 Å². The lowest BCUT2D eigenvalue weighted by Crippen LogP contribution is -2.12. The number of hydrogen-bond acceptors (Lipinski definition) is 6. The Hall–Kier alpha value is -2.44. The van der Waals surface area contributed by atoms with Gasteiger partial charge in [-0.2, -0.15) is 0 Å². The van der Waals surface area contributed by atoms with Crippen LogP contribution >= 0.6 is 0 Å². The van der Waals surface area contributed by atoms with Crippen molar-refractivity contribution in [1.29, 1.82) is 0 Å². The fourth-order valence-corrected chi connectivity index (χ4v) is 3.76. The molecule has 2 aliphatic rings. The molecule has 0 aliphatic heterocycles. The van der Waals surface area contributed by atoms with Crippen molar-refractivity contribution in [1.82, 2.24) is 9.97 Å². The molecule has 2 aliphatic carbocycles. The third-order valence-electron chi connectivity index (χ3n) is 5.25. The zero-order valence-corrected chi connectivity index (χ0v) is 15.9. The maximum atomic E-state index is 11.6. The lowest BCUT2D eigenvalue weighted by Gasteiger charge is -2.14. The first kappa shape index (κ1) is 19.3. The lowest BCUT2D eigenvalue weighted by atomic mass is 9.97. The predicted octanol–water partition coefficient (Wildman–Crippen LogP) is 4.99. The first-order chi connectivity index (χ1) is 13.2. The molecule has 0 radical (unpaired) electrons. The monoisotopic (exact) mass is 371 g/mol. The van der Waals surface area contributed by atoms with Gasteiger partial charge in [0.25, 0.3) is 0 Å². The summed E-state index contributed by atoms with van der Waals surface area (Å²) >= 11 is 0. The topological polar surface area (TPSA) is 93.0 Å². The van der Waals surface area contributed by atoms with E-state index in [-0.39, 0.29) is 5.69 Å². The molecule has 0 aromatic carbocycles. The van der Waals surface area contributed by atoms with E-state index in [1.54, 1.807) is 0 Å². The van der Waals surface area contributed by atoms with Crippen molar-refractivity contribution < 1.29 is 4.92 Å². The number of rotatable bonds is 9. The summed E-state index contributed by atoms with van der Waals surface area (Å²) in [6.45, 7) is 1.30. The molecule has 1 aromatic rings. The summed E-state index contributed by atoms with van der Waals surface area (Å²) in [6.07, 6.45) is 17.4. The Morgan fingerprint density at radius 1 is 0.889 bits per heavy atom. The Labute approximate surface area is 160 Å². The first-order valence-electron chi connectivity index (χ1n) is 10.1. The molecule has 3 rings (SSSR count). The van der Waals surface area contributed by atoms with Crippen molar-refractivity contribution in [3.05, 3.63) is 39.7 Å². The minimum atomic E-state index is -0.398. The minimum absolute atomic E-state index is 0.0623. The van der Waals surface area contributed by atoms with Crippen LogP contribution in [-0.2, 0) is 0 Å². The fraction of sp³-hybridized carbons (Fsp3) is 0.600. The Morgan fingerprint density at radius 3 is 1.81 bits per heavy atom. The third kappa shape index (κ3) is 5.77. The molecular formula is C20H29N5O2. The summed E-state index contributed by atoms with van der Waals surface area (Å²) in [4.78, 5) is 19.4. The zero-order valence-electron chi connectivity index (χ0n) is 15.9. The lowest BCUT2D eigenvalue weighted by molar-refractivity contribution is -0.383. The highest BCUT2D eigenvalue weighted by Gasteiger charge is 2.22. The number of nitrogens with zero attached hydrogens (tertiary/aromatic N) is 3. The molecular weight excluding hydrogens is 342 g/mol. The van der Waals surface area contributed by atoms with E-state index in [2.05, 4.69) is 32.8 Å². The van der Waals surface area contributed by atoms with E-state index in [9.17, 15) is 10.1 Å². The van der Waals surface area contributed by atoms with Gasteiger partial charge in [-0.05, 0) is 64.2 Å². The Kier molecular flexibility index (Phi) is 7.19. The van der Waals surface area contributed by atoms with Crippen LogP contribution in [0.2, 0.25) is 0 Å². The molecule has 2 N–H and O–H groups in total. The normalized spacial score (nSPS) is 17.0. The van der Waals surface area contributed by atoms with Crippen LogP contribution in [0, 0.1) is 10.1 Å². The third-order valence-corrected chi connectivity index (χ3v) is 5.25. The Bertz CT molecular complexity index is 664. The standard InChI is InChI=1S/C20H29N5O2/c26-25(27)18-19(21-13-11-16-7-3-1-4-8-16)23-15-24-20(18)22-14-12-17-9-5-2-6-10-17/h7,9,15H,1-6,8,10-14H2,(H2,21,22,23,24). The molecule has 0 saturated heterocycles. The number of nitrogens with one attached hydrogen (secondary N) is 2. The Balaban J connectivity index is 1.58. The van der Waals surface area contributed by atoms with Gasteiger partial charge in [0.05, 0.1) is 4.92 Å². The maximum absolute atomic E-state index is 11.6. The van der Waals surface area contributed by atoms with Crippen molar-refractivity contribution in [2.75, 3.05) is 23.7 Å². The first-order valence-corrected chi connectivity index (χ1v) is 10.1. The molecule has 0 bridgehead atoms. The van der Waals surface area contributed by atoms with Gasteiger partial charge in [-0.25, -0.2) is 9.97 Å². The van der Waals surface area contributed by atoms with Crippen LogP contribution < -0.4 is 10.6 Å². The number of nitro groups is 1. The van der Waals surface area contributed by atoms with E-state index in [0.29, 0.717) is 24.7 Å². The van der Waals surface area contributed by atoms with Crippen LogP contribution in [-0.4, -0.2) is 28.0 Å². The highest BCUT2D eigenvalue weighted by Crippen LogP contribution is 2.29. The van der Waals surface area contributed by atoms with Crippen LogP contribution in [0.25, 0.3) is 0 Å². The summed E-state index contributed by atoms with van der Waals surface area (Å²) < 4.78 is 0. The van der Waals surface area contributed by atoms with Crippen molar-refractivity contribution in [3.8, 4) is 0 Å². The van der Waals surface area contributed by atoms with E-state index < -0.39 is 4.92 Å². The number of aromatic nitrogens is 2. The van der Waals surface area contributed by atoms with Gasteiger partial charge in [0, 0.05) is 13.1 Å². The molecule has 0 fully saturated rings. The molecule has 0 amide bonds. The van der Waals surface area contributed by atoms with Gasteiger partial charge in [-0.3, -0.25) is 10.1 Å². The molecule has 146 valence electrons. The average Bonchev–Trinajstić information content (AvgIpc) is 2.69. The zero-order chi connectivity index (χ0) is 18.9. The summed E-state index contributed by atoms with van der Waals surface area (Å²) in [5.74, 6) is 0.594. The number of hydrogen-bond donors (Lipinski definition) is 2. The van der Waals surface area contributed by atoms with Crippen LogP contribution in [0.5, 0.6) is 0 Å². The number of allylic oxidation sites excluding steroid dienone is 2. The van der Waals surface area contributed by atoms with E-state index >= 15 is 0 Å². The largest absolute Gasteiger partial charge is 0.364 e. The summed E-state index contributed by atoms with van der Waals surface area (Å²) in [7, 11) is 0. The van der Waals surface area contributed by atoms with Crippen LogP contribution in [0.15, 0.2) is 29.6 Å². The van der Waals surface area contributed by atoms with Gasteiger partial charge < -0.3 is 10.6 Å². The second kappa shape index (κ2) is 10.0. The maximum Gasteiger partial charge on any atom is 0.353 e. The molecule has 7 nitrogen and oxygen atoms in total. The van der Waals surface area contributed by atoms with Gasteiger partial charge in [-0.1, -0.05) is 23.3 Å². The molecule has 0 unspecified atom stereocenters. The van der Waals surface area contributed by atoms with Crippen molar-refractivity contribution in [3.63, 3.8) is 0 Å². The Morgan fingerprint density at radius 2 is 1.41 bits per heavy atom. The average molecular weight is 371 g/mol. The van der Waals surface area contributed by atoms with Crippen molar-refractivity contribution in [2.45, 2.75) is 64.2 Å². The molecule has 0 atom stereocenters. The molecule has 7 heteroatoms. The summed E-state index contributed by atoms with van der Waals surface area (Å²) in [5, 5.41) is 17.9. The van der Waals surface area contributed by atoms with Gasteiger partial charge >= 0.3 is 5.69 Å². The predicted molar refractivity (Wildman–Crippen MR) is 108 cm³/mol. The SMILES string of the molecule is O=[N+]([O-])c1c(NCCC2=CCCCC2)ncnc1NCCC1=CCCCC1. The molecule has 0 spiro atoms. The molecule has 0 saturated carbocycles.